The molecule has 2 heterocycles. The van der Waals surface area contributed by atoms with Gasteiger partial charge in [0.05, 0.1) is 11.1 Å². The third kappa shape index (κ3) is 4.00. The van der Waals surface area contributed by atoms with Crippen LogP contribution in [0.2, 0.25) is 0 Å². The molecule has 6 N–H and O–H groups in total. The summed E-state index contributed by atoms with van der Waals surface area (Å²) in [6, 6.07) is 15.8. The van der Waals surface area contributed by atoms with E-state index in [0.717, 1.165) is 11.6 Å². The van der Waals surface area contributed by atoms with E-state index >= 15 is 0 Å². The number of phenolic OH excluding ortho intramolecular Hbond substituents is 6. The van der Waals surface area contributed by atoms with Crippen LogP contribution in [0, 0.1) is 0 Å². The molecule has 0 fully saturated rings. The van der Waals surface area contributed by atoms with Crippen LogP contribution in [0.25, 0.3) is 33.4 Å². The Balaban J connectivity index is 1.57. The Bertz CT molecular complexity index is 1800. The molecule has 0 amide bonds. The van der Waals surface area contributed by atoms with Gasteiger partial charge < -0.3 is 39.8 Å². The number of ether oxygens (including phenoxy) is 1. The zero-order valence-electron chi connectivity index (χ0n) is 20.3. The maximum atomic E-state index is 13.8. The van der Waals surface area contributed by atoms with E-state index in [1.807, 2.05) is 0 Å². The predicted octanol–water partition coefficient (Wildman–Crippen LogP) is 5.43. The van der Waals surface area contributed by atoms with Crippen LogP contribution in [-0.4, -0.2) is 30.6 Å². The molecule has 1 aliphatic heterocycles. The Morgan fingerprint density at radius 1 is 0.718 bits per heavy atom. The number of fused-ring (bicyclic) bond motifs is 2. The van der Waals surface area contributed by atoms with Crippen molar-refractivity contribution >= 4 is 11.0 Å². The van der Waals surface area contributed by atoms with Crippen molar-refractivity contribution in [1.29, 1.82) is 0 Å². The molecule has 0 saturated heterocycles. The molecule has 0 saturated carbocycles. The summed E-state index contributed by atoms with van der Waals surface area (Å²) < 4.78 is 12.1. The Morgan fingerprint density at radius 2 is 1.38 bits per heavy atom. The van der Waals surface area contributed by atoms with E-state index in [1.165, 1.54) is 36.4 Å². The molecule has 0 bridgehead atoms. The van der Waals surface area contributed by atoms with Gasteiger partial charge in [0.15, 0.2) is 0 Å². The Morgan fingerprint density at radius 3 is 2.08 bits per heavy atom. The Hall–Kier alpha value is -5.31. The standard InChI is InChI=1S/C30H22O9/c31-16-5-1-14(2-6-16)22-10-9-19-23(38-22)13-21(35)26(28(19)36)27-29(37)25-20(34)11-18(33)12-24(25)39-30(27)15-3-7-17(32)8-4-15/h1-8,11-13,22,31-36H,9-10H2. The molecule has 1 unspecified atom stereocenters. The van der Waals surface area contributed by atoms with Crippen molar-refractivity contribution in [2.75, 3.05) is 0 Å². The summed E-state index contributed by atoms with van der Waals surface area (Å²) in [7, 11) is 0. The topological polar surface area (TPSA) is 161 Å². The lowest BCUT2D eigenvalue weighted by atomic mass is 9.90. The van der Waals surface area contributed by atoms with Crippen molar-refractivity contribution < 1.29 is 39.8 Å². The normalized spacial score (nSPS) is 14.6. The minimum absolute atomic E-state index is 0.0291. The second-order valence-corrected chi connectivity index (χ2v) is 9.35. The van der Waals surface area contributed by atoms with Crippen molar-refractivity contribution in [3.05, 3.63) is 88.1 Å². The monoisotopic (exact) mass is 526 g/mol. The fraction of sp³-hybridized carbons (Fsp3) is 0.100. The van der Waals surface area contributed by atoms with Crippen molar-refractivity contribution in [2.24, 2.45) is 0 Å². The van der Waals surface area contributed by atoms with Crippen molar-refractivity contribution in [3.63, 3.8) is 0 Å². The lowest BCUT2D eigenvalue weighted by Crippen LogP contribution is -2.16. The molecular weight excluding hydrogens is 504 g/mol. The lowest BCUT2D eigenvalue weighted by molar-refractivity contribution is 0.174. The van der Waals surface area contributed by atoms with Gasteiger partial charge in [-0.2, -0.15) is 0 Å². The maximum Gasteiger partial charge on any atom is 0.205 e. The summed E-state index contributed by atoms with van der Waals surface area (Å²) in [6.45, 7) is 0. The number of benzene rings is 4. The van der Waals surface area contributed by atoms with Gasteiger partial charge in [-0.05, 0) is 54.8 Å². The summed E-state index contributed by atoms with van der Waals surface area (Å²) >= 11 is 0. The van der Waals surface area contributed by atoms with Crippen molar-refractivity contribution in [2.45, 2.75) is 18.9 Å². The zero-order valence-corrected chi connectivity index (χ0v) is 20.3. The Kier molecular flexibility index (Phi) is 5.50. The first-order valence-electron chi connectivity index (χ1n) is 12.1. The molecule has 196 valence electrons. The van der Waals surface area contributed by atoms with Crippen molar-refractivity contribution in [1.82, 2.24) is 0 Å². The zero-order chi connectivity index (χ0) is 27.4. The summed E-state index contributed by atoms with van der Waals surface area (Å²) in [5.74, 6) is -1.42. The first-order chi connectivity index (χ1) is 18.7. The number of phenols is 6. The number of hydrogen-bond acceptors (Lipinski definition) is 9. The van der Waals surface area contributed by atoms with Gasteiger partial charge >= 0.3 is 0 Å². The third-order valence-electron chi connectivity index (χ3n) is 6.87. The van der Waals surface area contributed by atoms with Crippen LogP contribution in [-0.2, 0) is 6.42 Å². The molecule has 1 atom stereocenters. The van der Waals surface area contributed by atoms with E-state index in [1.54, 1.807) is 24.3 Å². The van der Waals surface area contributed by atoms with Gasteiger partial charge in [0.2, 0.25) is 5.43 Å². The molecule has 0 aliphatic carbocycles. The van der Waals surface area contributed by atoms with Gasteiger partial charge in [-0.1, -0.05) is 12.1 Å². The highest BCUT2D eigenvalue weighted by Gasteiger charge is 2.31. The second kappa shape index (κ2) is 8.91. The SMILES string of the molecule is O=c1c(-c2c(O)cc3c(c2O)CCC(c2ccc(O)cc2)O3)c(-c2ccc(O)cc2)oc2cc(O)cc(O)c12. The average Bonchev–Trinajstić information content (AvgIpc) is 2.90. The third-order valence-corrected chi connectivity index (χ3v) is 6.87. The van der Waals surface area contributed by atoms with Crippen LogP contribution in [0.4, 0.5) is 0 Å². The molecule has 9 heteroatoms. The summed E-state index contributed by atoms with van der Waals surface area (Å²) in [6.07, 6.45) is 0.449. The summed E-state index contributed by atoms with van der Waals surface area (Å²) in [4.78, 5) is 13.8. The summed E-state index contributed by atoms with van der Waals surface area (Å²) in [5.41, 5.74) is 0.250. The number of hydrogen-bond donors (Lipinski definition) is 6. The quantitative estimate of drug-likeness (QED) is 0.180. The molecule has 9 nitrogen and oxygen atoms in total. The van der Waals surface area contributed by atoms with E-state index in [4.69, 9.17) is 9.15 Å². The van der Waals surface area contributed by atoms with Crippen LogP contribution in [0.15, 0.2) is 75.9 Å². The fourth-order valence-corrected chi connectivity index (χ4v) is 5.00. The molecule has 4 aromatic carbocycles. The minimum Gasteiger partial charge on any atom is -0.508 e. The highest BCUT2D eigenvalue weighted by atomic mass is 16.5. The first kappa shape index (κ1) is 24.1. The van der Waals surface area contributed by atoms with Gasteiger partial charge in [0.25, 0.3) is 0 Å². The molecular formula is C30H22O9. The van der Waals surface area contributed by atoms with E-state index in [-0.39, 0.29) is 62.7 Å². The van der Waals surface area contributed by atoms with Gasteiger partial charge in [-0.15, -0.1) is 0 Å². The van der Waals surface area contributed by atoms with Crippen LogP contribution < -0.4 is 10.2 Å². The van der Waals surface area contributed by atoms with Gasteiger partial charge in [-0.3, -0.25) is 4.79 Å². The first-order valence-corrected chi connectivity index (χ1v) is 12.1. The van der Waals surface area contributed by atoms with E-state index in [0.29, 0.717) is 24.0 Å². The molecule has 1 aliphatic rings. The van der Waals surface area contributed by atoms with Gasteiger partial charge in [-0.25, -0.2) is 0 Å². The average molecular weight is 526 g/mol. The van der Waals surface area contributed by atoms with E-state index in [2.05, 4.69) is 0 Å². The highest BCUT2D eigenvalue weighted by molar-refractivity contribution is 5.96. The lowest BCUT2D eigenvalue weighted by Gasteiger charge is -2.28. The highest BCUT2D eigenvalue weighted by Crippen LogP contribution is 2.50. The van der Waals surface area contributed by atoms with Crippen LogP contribution in [0.5, 0.6) is 40.2 Å². The minimum atomic E-state index is -0.749. The fourth-order valence-electron chi connectivity index (χ4n) is 5.00. The van der Waals surface area contributed by atoms with Crippen LogP contribution in [0.3, 0.4) is 0 Å². The predicted molar refractivity (Wildman–Crippen MR) is 141 cm³/mol. The smallest absolute Gasteiger partial charge is 0.205 e. The second-order valence-electron chi connectivity index (χ2n) is 9.35. The van der Waals surface area contributed by atoms with Crippen LogP contribution >= 0.6 is 0 Å². The molecule has 5 aromatic rings. The molecule has 0 radical (unpaired) electrons. The van der Waals surface area contributed by atoms with Gasteiger partial charge in [0.1, 0.15) is 63.1 Å². The summed E-state index contributed by atoms with van der Waals surface area (Å²) in [5, 5.41) is 62.0. The largest absolute Gasteiger partial charge is 0.508 e. The molecule has 0 spiro atoms. The molecule has 39 heavy (non-hydrogen) atoms. The van der Waals surface area contributed by atoms with E-state index in [9.17, 15) is 35.4 Å². The van der Waals surface area contributed by atoms with Crippen LogP contribution in [0.1, 0.15) is 23.7 Å². The molecule has 6 rings (SSSR count). The number of aromatic hydroxyl groups is 6. The van der Waals surface area contributed by atoms with Crippen molar-refractivity contribution in [3.8, 4) is 62.7 Å². The van der Waals surface area contributed by atoms with Gasteiger partial charge in [0, 0.05) is 29.3 Å². The van der Waals surface area contributed by atoms with E-state index < -0.39 is 16.9 Å². The maximum absolute atomic E-state index is 13.8. The molecule has 1 aromatic heterocycles. The number of rotatable bonds is 3. The Labute approximate surface area is 220 Å².